The molecule has 1 aliphatic rings. The lowest BCUT2D eigenvalue weighted by Crippen LogP contribution is -2.38. The minimum absolute atomic E-state index is 0.0174. The Kier molecular flexibility index (Phi) is 5.59. The zero-order chi connectivity index (χ0) is 14.4. The van der Waals surface area contributed by atoms with Gasteiger partial charge in [-0.15, -0.1) is 0 Å². The van der Waals surface area contributed by atoms with Crippen LogP contribution in [0.4, 0.5) is 0 Å². The van der Waals surface area contributed by atoms with Gasteiger partial charge in [0.15, 0.2) is 12.9 Å². The first-order chi connectivity index (χ1) is 9.69. The number of nitrogens with one attached hydrogen (secondary N) is 1. The van der Waals surface area contributed by atoms with Crippen LogP contribution < -0.4 is 10.1 Å². The molecule has 1 aromatic carbocycles. The van der Waals surface area contributed by atoms with E-state index >= 15 is 0 Å². The number of rotatable bonds is 5. The van der Waals surface area contributed by atoms with Gasteiger partial charge in [0.05, 0.1) is 0 Å². The van der Waals surface area contributed by atoms with Crippen molar-refractivity contribution in [3.63, 3.8) is 0 Å². The number of aldehydes is 1. The van der Waals surface area contributed by atoms with E-state index in [1.165, 1.54) is 19.3 Å². The van der Waals surface area contributed by atoms with Gasteiger partial charge in [-0.25, -0.2) is 0 Å². The SMILES string of the molecule is O=Cc1cc(OCC(=O)NC2CCCCC2)ccc1Br. The average Bonchev–Trinajstić information content (AvgIpc) is 2.47. The summed E-state index contributed by atoms with van der Waals surface area (Å²) in [4.78, 5) is 22.6. The Morgan fingerprint density at radius 3 is 2.80 bits per heavy atom. The molecule has 1 amide bonds. The molecular formula is C15H18BrNO3. The van der Waals surface area contributed by atoms with E-state index in [0.29, 0.717) is 15.8 Å². The van der Waals surface area contributed by atoms with E-state index in [2.05, 4.69) is 21.2 Å². The van der Waals surface area contributed by atoms with Crippen molar-refractivity contribution in [2.24, 2.45) is 0 Å². The van der Waals surface area contributed by atoms with Crippen molar-refractivity contribution in [2.75, 3.05) is 6.61 Å². The van der Waals surface area contributed by atoms with Crippen molar-refractivity contribution < 1.29 is 14.3 Å². The van der Waals surface area contributed by atoms with E-state index in [0.717, 1.165) is 19.1 Å². The maximum absolute atomic E-state index is 11.8. The molecule has 0 spiro atoms. The lowest BCUT2D eigenvalue weighted by molar-refractivity contribution is -0.124. The van der Waals surface area contributed by atoms with Gasteiger partial charge < -0.3 is 10.1 Å². The number of hydrogen-bond acceptors (Lipinski definition) is 3. The van der Waals surface area contributed by atoms with Crippen LogP contribution in [-0.2, 0) is 4.79 Å². The molecule has 0 atom stereocenters. The fraction of sp³-hybridized carbons (Fsp3) is 0.467. The molecular weight excluding hydrogens is 322 g/mol. The molecule has 1 fully saturated rings. The van der Waals surface area contributed by atoms with E-state index in [4.69, 9.17) is 4.74 Å². The normalized spacial score (nSPS) is 15.7. The average molecular weight is 340 g/mol. The van der Waals surface area contributed by atoms with Gasteiger partial charge in [-0.2, -0.15) is 0 Å². The lowest BCUT2D eigenvalue weighted by atomic mass is 9.95. The molecule has 1 aromatic rings. The molecule has 0 aliphatic heterocycles. The topological polar surface area (TPSA) is 55.4 Å². The van der Waals surface area contributed by atoms with Crippen molar-refractivity contribution in [1.29, 1.82) is 0 Å². The number of hydrogen-bond donors (Lipinski definition) is 1. The van der Waals surface area contributed by atoms with E-state index in [1.54, 1.807) is 18.2 Å². The minimum atomic E-state index is -0.104. The largest absolute Gasteiger partial charge is 0.484 e. The van der Waals surface area contributed by atoms with Crippen LogP contribution in [0.3, 0.4) is 0 Å². The van der Waals surface area contributed by atoms with Crippen LogP contribution in [0.1, 0.15) is 42.5 Å². The summed E-state index contributed by atoms with van der Waals surface area (Å²) in [5.41, 5.74) is 0.509. The van der Waals surface area contributed by atoms with Gasteiger partial charge in [0.25, 0.3) is 5.91 Å². The van der Waals surface area contributed by atoms with Crippen LogP contribution in [0.2, 0.25) is 0 Å². The van der Waals surface area contributed by atoms with E-state index in [1.807, 2.05) is 0 Å². The molecule has 5 heteroatoms. The van der Waals surface area contributed by atoms with Gasteiger partial charge in [-0.3, -0.25) is 9.59 Å². The summed E-state index contributed by atoms with van der Waals surface area (Å²) in [6.07, 6.45) is 6.48. The first-order valence-electron chi connectivity index (χ1n) is 6.86. The minimum Gasteiger partial charge on any atom is -0.484 e. The zero-order valence-electron chi connectivity index (χ0n) is 11.2. The third-order valence-corrected chi connectivity index (χ3v) is 4.16. The van der Waals surface area contributed by atoms with E-state index < -0.39 is 0 Å². The summed E-state index contributed by atoms with van der Waals surface area (Å²) in [5.74, 6) is 0.418. The maximum atomic E-state index is 11.8. The van der Waals surface area contributed by atoms with Crippen LogP contribution in [0, 0.1) is 0 Å². The quantitative estimate of drug-likeness (QED) is 0.838. The molecule has 0 aromatic heterocycles. The molecule has 0 unspecified atom stereocenters. The molecule has 0 heterocycles. The number of benzene rings is 1. The Bertz CT molecular complexity index is 484. The monoisotopic (exact) mass is 339 g/mol. The number of amides is 1. The van der Waals surface area contributed by atoms with Crippen LogP contribution in [-0.4, -0.2) is 24.8 Å². The first-order valence-corrected chi connectivity index (χ1v) is 7.65. The second kappa shape index (κ2) is 7.43. The molecule has 4 nitrogen and oxygen atoms in total. The van der Waals surface area contributed by atoms with Crippen LogP contribution in [0.25, 0.3) is 0 Å². The van der Waals surface area contributed by atoms with Gasteiger partial charge >= 0.3 is 0 Å². The van der Waals surface area contributed by atoms with Crippen molar-refractivity contribution in [2.45, 2.75) is 38.1 Å². The van der Waals surface area contributed by atoms with E-state index in [9.17, 15) is 9.59 Å². The van der Waals surface area contributed by atoms with E-state index in [-0.39, 0.29) is 18.6 Å². The van der Waals surface area contributed by atoms with Crippen molar-refractivity contribution in [3.8, 4) is 5.75 Å². The van der Waals surface area contributed by atoms with Gasteiger partial charge in [-0.05, 0) is 31.0 Å². The highest BCUT2D eigenvalue weighted by atomic mass is 79.9. The maximum Gasteiger partial charge on any atom is 0.258 e. The summed E-state index contributed by atoms with van der Waals surface area (Å²) < 4.78 is 6.13. The molecule has 0 saturated heterocycles. The predicted molar refractivity (Wildman–Crippen MR) is 80.0 cm³/mol. The highest BCUT2D eigenvalue weighted by Gasteiger charge is 2.15. The van der Waals surface area contributed by atoms with Gasteiger partial charge in [0.2, 0.25) is 0 Å². The molecule has 0 bridgehead atoms. The Morgan fingerprint density at radius 2 is 2.10 bits per heavy atom. The second-order valence-electron chi connectivity index (χ2n) is 4.99. The number of carbonyl (C=O) groups excluding carboxylic acids is 2. The highest BCUT2D eigenvalue weighted by molar-refractivity contribution is 9.10. The van der Waals surface area contributed by atoms with Crippen LogP contribution >= 0.6 is 15.9 Å². The van der Waals surface area contributed by atoms with Crippen molar-refractivity contribution >= 4 is 28.1 Å². The first kappa shape index (κ1) is 15.0. The third-order valence-electron chi connectivity index (χ3n) is 3.43. The second-order valence-corrected chi connectivity index (χ2v) is 5.85. The zero-order valence-corrected chi connectivity index (χ0v) is 12.8. The summed E-state index contributed by atoms with van der Waals surface area (Å²) in [5, 5.41) is 2.99. The fourth-order valence-corrected chi connectivity index (χ4v) is 2.71. The van der Waals surface area contributed by atoms with Gasteiger partial charge in [0, 0.05) is 16.1 Å². The summed E-state index contributed by atoms with van der Waals surface area (Å²) in [6.45, 7) is -0.0174. The molecule has 1 saturated carbocycles. The molecule has 1 N–H and O–H groups in total. The summed E-state index contributed by atoms with van der Waals surface area (Å²) >= 11 is 3.27. The highest BCUT2D eigenvalue weighted by Crippen LogP contribution is 2.21. The fourth-order valence-electron chi connectivity index (χ4n) is 2.37. The molecule has 1 aliphatic carbocycles. The Balaban J connectivity index is 1.82. The Morgan fingerprint density at radius 1 is 1.35 bits per heavy atom. The lowest BCUT2D eigenvalue weighted by Gasteiger charge is -2.22. The number of halogens is 1. The Hall–Kier alpha value is -1.36. The Labute approximate surface area is 127 Å². The molecule has 0 radical (unpaired) electrons. The van der Waals surface area contributed by atoms with Crippen LogP contribution in [0.15, 0.2) is 22.7 Å². The molecule has 108 valence electrons. The van der Waals surface area contributed by atoms with Crippen molar-refractivity contribution in [3.05, 3.63) is 28.2 Å². The summed E-state index contributed by atoms with van der Waals surface area (Å²) in [6, 6.07) is 5.36. The molecule has 20 heavy (non-hydrogen) atoms. The van der Waals surface area contributed by atoms with Gasteiger partial charge in [-0.1, -0.05) is 35.2 Å². The predicted octanol–water partition coefficient (Wildman–Crippen LogP) is 3.09. The summed E-state index contributed by atoms with van der Waals surface area (Å²) in [7, 11) is 0. The van der Waals surface area contributed by atoms with Crippen molar-refractivity contribution in [1.82, 2.24) is 5.32 Å². The third kappa shape index (κ3) is 4.34. The standard InChI is InChI=1S/C15H18BrNO3/c16-14-7-6-13(8-11(14)9-18)20-10-15(19)17-12-4-2-1-3-5-12/h6-9,12H,1-5,10H2,(H,17,19). The smallest absolute Gasteiger partial charge is 0.258 e. The molecule has 2 rings (SSSR count). The number of carbonyl (C=O) groups is 2. The number of ether oxygens (including phenoxy) is 1. The van der Waals surface area contributed by atoms with Gasteiger partial charge in [0.1, 0.15) is 5.75 Å². The van der Waals surface area contributed by atoms with Crippen LogP contribution in [0.5, 0.6) is 5.75 Å².